The molecule has 6 nitrogen and oxygen atoms in total. The summed E-state index contributed by atoms with van der Waals surface area (Å²) in [6.45, 7) is 2.45. The molecular weight excluding hydrogens is 384 g/mol. The van der Waals surface area contributed by atoms with Crippen LogP contribution in [0.2, 0.25) is 0 Å². The first kappa shape index (κ1) is 17.9. The Morgan fingerprint density at radius 1 is 1.31 bits per heavy atom. The van der Waals surface area contributed by atoms with Crippen molar-refractivity contribution in [2.24, 2.45) is 0 Å². The van der Waals surface area contributed by atoms with E-state index in [1.54, 1.807) is 4.90 Å². The Balaban J connectivity index is 1.37. The number of thiazole rings is 1. The number of carbonyl (C=O) groups is 2. The molecule has 7 heteroatoms. The Kier molecular flexibility index (Phi) is 4.32. The molecule has 0 saturated carbocycles. The molecule has 1 aliphatic heterocycles. The van der Waals surface area contributed by atoms with E-state index in [4.69, 9.17) is 0 Å². The smallest absolute Gasteiger partial charge is 0.248 e. The maximum Gasteiger partial charge on any atom is 0.248 e. The zero-order valence-corrected chi connectivity index (χ0v) is 16.8. The topological polar surface area (TPSA) is 78.1 Å². The molecule has 0 radical (unpaired) electrons. The number of aryl methyl sites for hydroxylation is 1. The van der Waals surface area contributed by atoms with E-state index in [2.05, 4.69) is 21.4 Å². The molecule has 2 N–H and O–H groups in total. The molecule has 146 valence electrons. The van der Waals surface area contributed by atoms with Crippen LogP contribution in [0.25, 0.3) is 21.1 Å². The Hall–Kier alpha value is -3.19. The summed E-state index contributed by atoms with van der Waals surface area (Å²) in [4.78, 5) is 34.9. The number of benzene rings is 2. The van der Waals surface area contributed by atoms with Gasteiger partial charge in [0.05, 0.1) is 10.2 Å². The number of carbonyl (C=O) groups excluding carboxylic acids is 2. The summed E-state index contributed by atoms with van der Waals surface area (Å²) in [5.74, 6) is -0.165. The minimum atomic E-state index is -0.482. The van der Waals surface area contributed by atoms with Gasteiger partial charge in [-0.15, -0.1) is 0 Å². The van der Waals surface area contributed by atoms with Gasteiger partial charge in [0.2, 0.25) is 11.8 Å². The van der Waals surface area contributed by atoms with E-state index < -0.39 is 6.04 Å². The minimum Gasteiger partial charge on any atom is -0.361 e. The highest BCUT2D eigenvalue weighted by Crippen LogP contribution is 2.29. The summed E-state index contributed by atoms with van der Waals surface area (Å²) in [6, 6.07) is 13.5. The van der Waals surface area contributed by atoms with Gasteiger partial charge in [-0.2, -0.15) is 0 Å². The SMILES string of the molecule is Cc1ccc2nc(NC(=O)C3CCC(=O)N3Cc3c[nH]c4ccccc34)sc2c1. The van der Waals surface area contributed by atoms with Crippen LogP contribution in [0.3, 0.4) is 0 Å². The first-order valence-corrected chi connectivity index (χ1v) is 10.4. The fourth-order valence-electron chi connectivity index (χ4n) is 3.92. The number of aromatic nitrogens is 2. The Bertz CT molecular complexity index is 1240. The lowest BCUT2D eigenvalue weighted by Gasteiger charge is -2.23. The van der Waals surface area contributed by atoms with Crippen LogP contribution >= 0.6 is 11.3 Å². The summed E-state index contributed by atoms with van der Waals surface area (Å²) in [6.07, 6.45) is 2.83. The molecule has 1 aliphatic rings. The second-order valence-electron chi connectivity index (χ2n) is 7.42. The predicted octanol–water partition coefficient (Wildman–Crippen LogP) is 4.22. The third-order valence-electron chi connectivity index (χ3n) is 5.42. The number of fused-ring (bicyclic) bond motifs is 2. The molecule has 2 aromatic heterocycles. The van der Waals surface area contributed by atoms with Crippen LogP contribution in [0.1, 0.15) is 24.0 Å². The fraction of sp³-hybridized carbons (Fsp3) is 0.227. The van der Waals surface area contributed by atoms with Crippen molar-refractivity contribution in [3.05, 3.63) is 59.8 Å². The van der Waals surface area contributed by atoms with E-state index in [1.165, 1.54) is 11.3 Å². The van der Waals surface area contributed by atoms with Crippen molar-refractivity contribution in [1.82, 2.24) is 14.9 Å². The van der Waals surface area contributed by atoms with Gasteiger partial charge in [-0.3, -0.25) is 9.59 Å². The summed E-state index contributed by atoms with van der Waals surface area (Å²) >= 11 is 1.46. The maximum atomic E-state index is 13.0. The molecule has 29 heavy (non-hydrogen) atoms. The third kappa shape index (κ3) is 3.27. The second kappa shape index (κ2) is 7.00. The van der Waals surface area contributed by atoms with Gasteiger partial charge in [-0.05, 0) is 42.7 Å². The average Bonchev–Trinajstić information content (AvgIpc) is 3.39. The van der Waals surface area contributed by atoms with E-state index in [0.29, 0.717) is 24.5 Å². The van der Waals surface area contributed by atoms with Crippen LogP contribution in [0.15, 0.2) is 48.7 Å². The number of hydrogen-bond acceptors (Lipinski definition) is 4. The number of hydrogen-bond donors (Lipinski definition) is 2. The lowest BCUT2D eigenvalue weighted by Crippen LogP contribution is -2.41. The highest BCUT2D eigenvalue weighted by atomic mass is 32.1. The summed E-state index contributed by atoms with van der Waals surface area (Å²) in [5, 5.41) is 4.57. The molecule has 1 saturated heterocycles. The predicted molar refractivity (Wildman–Crippen MR) is 115 cm³/mol. The molecule has 2 aromatic carbocycles. The van der Waals surface area contributed by atoms with Crippen LogP contribution in [0.5, 0.6) is 0 Å². The van der Waals surface area contributed by atoms with Crippen molar-refractivity contribution in [1.29, 1.82) is 0 Å². The molecule has 1 unspecified atom stereocenters. The van der Waals surface area contributed by atoms with E-state index in [1.807, 2.05) is 49.5 Å². The van der Waals surface area contributed by atoms with Crippen LogP contribution in [-0.2, 0) is 16.1 Å². The van der Waals surface area contributed by atoms with E-state index in [-0.39, 0.29) is 11.8 Å². The number of aromatic amines is 1. The fourth-order valence-corrected chi connectivity index (χ4v) is 4.89. The van der Waals surface area contributed by atoms with Gasteiger partial charge < -0.3 is 15.2 Å². The number of nitrogens with zero attached hydrogens (tertiary/aromatic N) is 2. The van der Waals surface area contributed by atoms with Gasteiger partial charge in [0, 0.05) is 30.1 Å². The number of rotatable bonds is 4. The van der Waals surface area contributed by atoms with E-state index >= 15 is 0 Å². The molecular formula is C22H20N4O2S. The normalized spacial score (nSPS) is 16.8. The summed E-state index contributed by atoms with van der Waals surface area (Å²) in [7, 11) is 0. The Labute approximate surface area is 171 Å². The first-order valence-electron chi connectivity index (χ1n) is 9.61. The van der Waals surface area contributed by atoms with Gasteiger partial charge >= 0.3 is 0 Å². The van der Waals surface area contributed by atoms with Crippen molar-refractivity contribution in [2.75, 3.05) is 5.32 Å². The zero-order chi connectivity index (χ0) is 20.0. The highest BCUT2D eigenvalue weighted by Gasteiger charge is 2.36. The molecule has 0 spiro atoms. The van der Waals surface area contributed by atoms with Gasteiger partial charge in [-0.1, -0.05) is 35.6 Å². The van der Waals surface area contributed by atoms with Crippen molar-refractivity contribution in [2.45, 2.75) is 32.4 Å². The Morgan fingerprint density at radius 3 is 3.07 bits per heavy atom. The first-order chi connectivity index (χ1) is 14.1. The number of amides is 2. The van der Waals surface area contributed by atoms with Gasteiger partial charge in [0.1, 0.15) is 6.04 Å². The number of anilines is 1. The van der Waals surface area contributed by atoms with Gasteiger partial charge in [0.15, 0.2) is 5.13 Å². The number of likely N-dealkylation sites (tertiary alicyclic amines) is 1. The monoisotopic (exact) mass is 404 g/mol. The molecule has 0 bridgehead atoms. The summed E-state index contributed by atoms with van der Waals surface area (Å²) in [5.41, 5.74) is 4.07. The quantitative estimate of drug-likeness (QED) is 0.535. The molecule has 0 aliphatic carbocycles. The number of para-hydroxylation sites is 1. The number of nitrogens with one attached hydrogen (secondary N) is 2. The number of H-pyrrole nitrogens is 1. The summed E-state index contributed by atoms with van der Waals surface area (Å²) < 4.78 is 1.04. The molecule has 2 amide bonds. The standard InChI is InChI=1S/C22H20N4O2S/c1-13-6-7-17-19(10-13)29-22(24-17)25-21(28)18-8-9-20(27)26(18)12-14-11-23-16-5-3-2-4-15(14)16/h2-7,10-11,18,23H,8-9,12H2,1H3,(H,24,25,28). The van der Waals surface area contributed by atoms with E-state index in [9.17, 15) is 9.59 Å². The van der Waals surface area contributed by atoms with Crippen molar-refractivity contribution >= 4 is 49.4 Å². The zero-order valence-electron chi connectivity index (χ0n) is 15.9. The molecule has 4 aromatic rings. The Morgan fingerprint density at radius 2 is 2.17 bits per heavy atom. The average molecular weight is 404 g/mol. The lowest BCUT2D eigenvalue weighted by atomic mass is 10.1. The van der Waals surface area contributed by atoms with Crippen LogP contribution < -0.4 is 5.32 Å². The van der Waals surface area contributed by atoms with Crippen molar-refractivity contribution < 1.29 is 9.59 Å². The maximum absolute atomic E-state index is 13.0. The van der Waals surface area contributed by atoms with Gasteiger partial charge in [-0.25, -0.2) is 4.98 Å². The van der Waals surface area contributed by atoms with Crippen molar-refractivity contribution in [3.63, 3.8) is 0 Å². The highest BCUT2D eigenvalue weighted by molar-refractivity contribution is 7.22. The van der Waals surface area contributed by atoms with Crippen molar-refractivity contribution in [3.8, 4) is 0 Å². The van der Waals surface area contributed by atoms with Crippen LogP contribution in [0.4, 0.5) is 5.13 Å². The van der Waals surface area contributed by atoms with Gasteiger partial charge in [0.25, 0.3) is 0 Å². The van der Waals surface area contributed by atoms with E-state index in [0.717, 1.165) is 32.2 Å². The molecule has 1 fully saturated rings. The minimum absolute atomic E-state index is 0.00959. The van der Waals surface area contributed by atoms with Crippen LogP contribution in [0, 0.1) is 6.92 Å². The second-order valence-corrected chi connectivity index (χ2v) is 8.45. The van der Waals surface area contributed by atoms with Crippen LogP contribution in [-0.4, -0.2) is 32.7 Å². The largest absolute Gasteiger partial charge is 0.361 e. The lowest BCUT2D eigenvalue weighted by molar-refractivity contribution is -0.133. The molecule has 3 heterocycles. The molecule has 1 atom stereocenters. The third-order valence-corrected chi connectivity index (χ3v) is 6.35. The molecule has 5 rings (SSSR count).